The van der Waals surface area contributed by atoms with E-state index in [-0.39, 0.29) is 5.56 Å². The van der Waals surface area contributed by atoms with Crippen LogP contribution in [0.5, 0.6) is 0 Å². The number of hydrogen-bond donors (Lipinski definition) is 1. The van der Waals surface area contributed by atoms with Gasteiger partial charge in [-0.05, 0) is 45.1 Å². The maximum Gasteiger partial charge on any atom is 0.336 e. The van der Waals surface area contributed by atoms with E-state index in [9.17, 15) is 9.90 Å². The van der Waals surface area contributed by atoms with E-state index in [1.165, 1.54) is 6.07 Å². The van der Waals surface area contributed by atoms with Crippen LogP contribution in [-0.4, -0.2) is 11.1 Å². The maximum atomic E-state index is 11.3. The molecule has 2 nitrogen and oxygen atoms in total. The van der Waals surface area contributed by atoms with E-state index < -0.39 is 5.97 Å². The lowest BCUT2D eigenvalue weighted by Crippen LogP contribution is -2.02. The van der Waals surface area contributed by atoms with Gasteiger partial charge < -0.3 is 5.11 Å². The predicted molar refractivity (Wildman–Crippen MR) is 74.4 cm³/mol. The third kappa shape index (κ3) is 1.58. The smallest absolute Gasteiger partial charge is 0.336 e. The molecular weight excluding hydrogens is 316 g/mol. The van der Waals surface area contributed by atoms with Crippen molar-refractivity contribution in [2.24, 2.45) is 0 Å². The molecule has 1 N–H and O–H groups in total. The number of carbonyl (C=O) groups is 1. The molecule has 0 aromatic heterocycles. The van der Waals surface area contributed by atoms with Gasteiger partial charge >= 0.3 is 5.97 Å². The van der Waals surface area contributed by atoms with Gasteiger partial charge in [0.25, 0.3) is 0 Å². The average Bonchev–Trinajstić information content (AvgIpc) is 2.72. The second-order valence-corrected chi connectivity index (χ2v) is 5.41. The highest BCUT2D eigenvalue weighted by Crippen LogP contribution is 2.45. The van der Waals surface area contributed by atoms with Gasteiger partial charge in [0.15, 0.2) is 0 Å². The molecule has 0 heterocycles. The molecule has 0 atom stereocenters. The minimum absolute atomic E-state index is 0.286. The van der Waals surface area contributed by atoms with E-state index in [2.05, 4.69) is 15.9 Å². The van der Waals surface area contributed by atoms with E-state index in [0.717, 1.165) is 26.7 Å². The first kappa shape index (κ1) is 11.8. The number of aromatic carboxylic acids is 1. The van der Waals surface area contributed by atoms with E-state index in [4.69, 9.17) is 11.6 Å². The number of hydrogen-bond acceptors (Lipinski definition) is 1. The van der Waals surface area contributed by atoms with Gasteiger partial charge in [-0.1, -0.05) is 35.9 Å². The molecule has 3 rings (SSSR count). The lowest BCUT2D eigenvalue weighted by Gasteiger charge is -2.09. The molecule has 0 saturated heterocycles. The monoisotopic (exact) mass is 322 g/mol. The summed E-state index contributed by atoms with van der Waals surface area (Å²) >= 11 is 9.56. The summed E-state index contributed by atoms with van der Waals surface area (Å²) in [6, 6.07) is 9.43. The Labute approximate surface area is 117 Å². The second-order valence-electron chi connectivity index (χ2n) is 4.21. The fourth-order valence-corrected chi connectivity index (χ4v) is 3.20. The van der Waals surface area contributed by atoms with Crippen molar-refractivity contribution in [2.75, 3.05) is 0 Å². The molecule has 2 aromatic rings. The molecule has 4 heteroatoms. The first-order chi connectivity index (χ1) is 8.59. The Morgan fingerprint density at radius 2 is 2.06 bits per heavy atom. The van der Waals surface area contributed by atoms with Gasteiger partial charge in [-0.15, -0.1) is 0 Å². The summed E-state index contributed by atoms with van der Waals surface area (Å²) in [6.07, 6.45) is 0.642. The summed E-state index contributed by atoms with van der Waals surface area (Å²) in [4.78, 5) is 11.3. The lowest BCUT2D eigenvalue weighted by molar-refractivity contribution is 0.0696. The van der Waals surface area contributed by atoms with Crippen LogP contribution in [-0.2, 0) is 6.42 Å². The summed E-state index contributed by atoms with van der Waals surface area (Å²) < 4.78 is 0.772. The van der Waals surface area contributed by atoms with E-state index >= 15 is 0 Å². The number of carboxylic acids is 1. The molecular formula is C14H8BrClO2. The zero-order valence-electron chi connectivity index (χ0n) is 9.21. The zero-order chi connectivity index (χ0) is 12.9. The van der Waals surface area contributed by atoms with Gasteiger partial charge in [-0.2, -0.15) is 0 Å². The molecule has 1 aliphatic carbocycles. The minimum Gasteiger partial charge on any atom is -0.478 e. The standard InChI is InChI=1S/C14H8BrClO2/c15-13-11(16)6-10(14(17)18)9-5-7-3-1-2-4-8(7)12(9)13/h1-4,6H,5H2,(H,17,18). The Kier molecular flexibility index (Phi) is 2.68. The van der Waals surface area contributed by atoms with Crippen molar-refractivity contribution < 1.29 is 9.90 Å². The quantitative estimate of drug-likeness (QED) is 0.722. The summed E-state index contributed by atoms with van der Waals surface area (Å²) in [5.74, 6) is -0.937. The molecule has 90 valence electrons. The van der Waals surface area contributed by atoms with Crippen molar-refractivity contribution in [3.8, 4) is 11.1 Å². The van der Waals surface area contributed by atoms with Gasteiger partial charge in [0, 0.05) is 10.0 Å². The SMILES string of the molecule is O=C(O)c1cc(Cl)c(Br)c2c1Cc1ccccc1-2. The normalized spacial score (nSPS) is 12.1. The van der Waals surface area contributed by atoms with Gasteiger partial charge in [0.2, 0.25) is 0 Å². The number of halogens is 2. The fourth-order valence-electron chi connectivity index (χ4n) is 2.43. The lowest BCUT2D eigenvalue weighted by atomic mass is 10.0. The largest absolute Gasteiger partial charge is 0.478 e. The van der Waals surface area contributed by atoms with Crippen LogP contribution < -0.4 is 0 Å². The van der Waals surface area contributed by atoms with Crippen molar-refractivity contribution in [2.45, 2.75) is 6.42 Å². The Bertz CT molecular complexity index is 680. The number of fused-ring (bicyclic) bond motifs is 3. The van der Waals surface area contributed by atoms with Crippen LogP contribution in [0, 0.1) is 0 Å². The maximum absolute atomic E-state index is 11.3. The van der Waals surface area contributed by atoms with Crippen molar-refractivity contribution >= 4 is 33.5 Å². The van der Waals surface area contributed by atoms with Crippen LogP contribution in [0.3, 0.4) is 0 Å². The highest BCUT2D eigenvalue weighted by atomic mass is 79.9. The summed E-state index contributed by atoms with van der Waals surface area (Å²) in [7, 11) is 0. The van der Waals surface area contributed by atoms with E-state index in [1.807, 2.05) is 24.3 Å². The van der Waals surface area contributed by atoms with Crippen LogP contribution in [0.4, 0.5) is 0 Å². The number of benzene rings is 2. The van der Waals surface area contributed by atoms with Crippen LogP contribution >= 0.6 is 27.5 Å². The second kappa shape index (κ2) is 4.11. The topological polar surface area (TPSA) is 37.3 Å². The Morgan fingerprint density at radius 1 is 1.33 bits per heavy atom. The number of rotatable bonds is 1. The molecule has 0 amide bonds. The van der Waals surface area contributed by atoms with Gasteiger partial charge in [0.1, 0.15) is 0 Å². The van der Waals surface area contributed by atoms with Gasteiger partial charge in [-0.3, -0.25) is 0 Å². The molecule has 2 aromatic carbocycles. The summed E-state index contributed by atoms with van der Waals surface area (Å²) in [5, 5.41) is 9.70. The first-order valence-corrected chi connectivity index (χ1v) is 6.59. The van der Waals surface area contributed by atoms with Crippen molar-refractivity contribution in [3.05, 3.63) is 56.5 Å². The third-order valence-corrected chi connectivity index (χ3v) is 4.56. The molecule has 0 radical (unpaired) electrons. The number of carboxylic acid groups (broad SMARTS) is 1. The summed E-state index contributed by atoms with van der Waals surface area (Å²) in [5.41, 5.74) is 4.23. The molecule has 1 aliphatic rings. The Morgan fingerprint density at radius 3 is 2.78 bits per heavy atom. The van der Waals surface area contributed by atoms with E-state index in [1.54, 1.807) is 0 Å². The highest BCUT2D eigenvalue weighted by molar-refractivity contribution is 9.10. The molecule has 0 bridgehead atoms. The van der Waals surface area contributed by atoms with Crippen LogP contribution in [0.1, 0.15) is 21.5 Å². The molecule has 0 aliphatic heterocycles. The van der Waals surface area contributed by atoms with Crippen molar-refractivity contribution in [1.82, 2.24) is 0 Å². The van der Waals surface area contributed by atoms with Crippen LogP contribution in [0.25, 0.3) is 11.1 Å². The summed E-state index contributed by atoms with van der Waals surface area (Å²) in [6.45, 7) is 0. The first-order valence-electron chi connectivity index (χ1n) is 5.42. The van der Waals surface area contributed by atoms with Crippen molar-refractivity contribution in [1.29, 1.82) is 0 Å². The van der Waals surface area contributed by atoms with Crippen LogP contribution in [0.2, 0.25) is 5.02 Å². The molecule has 0 saturated carbocycles. The Hall–Kier alpha value is -1.32. The average molecular weight is 324 g/mol. The minimum atomic E-state index is -0.937. The predicted octanol–water partition coefficient (Wildman–Crippen LogP) is 4.37. The van der Waals surface area contributed by atoms with Crippen molar-refractivity contribution in [3.63, 3.8) is 0 Å². The molecule has 0 unspecified atom stereocenters. The third-order valence-electron chi connectivity index (χ3n) is 3.21. The zero-order valence-corrected chi connectivity index (χ0v) is 11.5. The highest BCUT2D eigenvalue weighted by Gasteiger charge is 2.27. The van der Waals surface area contributed by atoms with E-state index in [0.29, 0.717) is 11.4 Å². The van der Waals surface area contributed by atoms with Gasteiger partial charge in [-0.25, -0.2) is 4.79 Å². The van der Waals surface area contributed by atoms with Crippen LogP contribution in [0.15, 0.2) is 34.8 Å². The molecule has 0 fully saturated rings. The Balaban J connectivity index is 2.38. The fraction of sp³-hybridized carbons (Fsp3) is 0.0714. The molecule has 0 spiro atoms. The van der Waals surface area contributed by atoms with Gasteiger partial charge in [0.05, 0.1) is 10.6 Å². The molecule has 18 heavy (non-hydrogen) atoms.